The van der Waals surface area contributed by atoms with Crippen molar-refractivity contribution in [3.05, 3.63) is 23.9 Å². The highest BCUT2D eigenvalue weighted by Gasteiger charge is 2.13. The van der Waals surface area contributed by atoms with E-state index in [0.29, 0.717) is 6.54 Å². The van der Waals surface area contributed by atoms with Gasteiger partial charge in [-0.15, -0.1) is 24.0 Å². The molecule has 0 spiro atoms. The second-order valence-electron chi connectivity index (χ2n) is 6.05. The number of hydrogen-bond acceptors (Lipinski definition) is 3. The van der Waals surface area contributed by atoms with Crippen LogP contribution in [0.5, 0.6) is 0 Å². The summed E-state index contributed by atoms with van der Waals surface area (Å²) < 4.78 is 0. The molecule has 2 rings (SSSR count). The number of anilines is 1. The summed E-state index contributed by atoms with van der Waals surface area (Å²) in [7, 11) is 0. The first kappa shape index (κ1) is 21.0. The molecule has 0 aromatic carbocycles. The number of aromatic nitrogens is 1. The Kier molecular flexibility index (Phi) is 10.8. The number of unbranched alkanes of at least 4 members (excludes halogenated alkanes) is 2. The van der Waals surface area contributed by atoms with Gasteiger partial charge >= 0.3 is 0 Å². The molecule has 0 amide bonds. The molecular weight excluding hydrogens is 413 g/mol. The van der Waals surface area contributed by atoms with Gasteiger partial charge in [-0.05, 0) is 43.9 Å². The highest BCUT2D eigenvalue weighted by atomic mass is 127. The van der Waals surface area contributed by atoms with Crippen molar-refractivity contribution in [3.8, 4) is 0 Å². The van der Waals surface area contributed by atoms with Crippen molar-refractivity contribution < 1.29 is 0 Å². The van der Waals surface area contributed by atoms with E-state index in [1.165, 1.54) is 37.7 Å². The van der Waals surface area contributed by atoms with Crippen LogP contribution >= 0.6 is 24.0 Å². The first-order valence-electron chi connectivity index (χ1n) is 9.05. The van der Waals surface area contributed by atoms with E-state index in [1.807, 2.05) is 6.20 Å². The van der Waals surface area contributed by atoms with Crippen LogP contribution in [0.2, 0.25) is 0 Å². The predicted octanol–water partition coefficient (Wildman–Crippen LogP) is 3.55. The van der Waals surface area contributed by atoms with Crippen LogP contribution in [0.4, 0.5) is 5.82 Å². The summed E-state index contributed by atoms with van der Waals surface area (Å²) in [4.78, 5) is 11.6. The molecule has 0 bridgehead atoms. The van der Waals surface area contributed by atoms with E-state index in [1.54, 1.807) is 0 Å². The fourth-order valence-corrected chi connectivity index (χ4v) is 2.77. The van der Waals surface area contributed by atoms with Crippen LogP contribution in [0, 0.1) is 0 Å². The van der Waals surface area contributed by atoms with Gasteiger partial charge in [0.25, 0.3) is 0 Å². The van der Waals surface area contributed by atoms with Crippen molar-refractivity contribution in [2.45, 2.75) is 52.5 Å². The molecule has 6 heteroatoms. The molecule has 1 aromatic heterocycles. The van der Waals surface area contributed by atoms with E-state index >= 15 is 0 Å². The first-order valence-corrected chi connectivity index (χ1v) is 9.05. The van der Waals surface area contributed by atoms with E-state index in [4.69, 9.17) is 4.99 Å². The van der Waals surface area contributed by atoms with Gasteiger partial charge in [0.1, 0.15) is 5.82 Å². The average molecular weight is 445 g/mol. The highest BCUT2D eigenvalue weighted by Crippen LogP contribution is 2.18. The minimum absolute atomic E-state index is 0. The van der Waals surface area contributed by atoms with Gasteiger partial charge in [0.05, 0.1) is 6.54 Å². The average Bonchev–Trinajstić information content (AvgIpc) is 3.11. The van der Waals surface area contributed by atoms with Crippen molar-refractivity contribution in [2.75, 3.05) is 31.1 Å². The Labute approximate surface area is 163 Å². The van der Waals surface area contributed by atoms with Crippen LogP contribution in [-0.2, 0) is 6.54 Å². The first-order chi connectivity index (χ1) is 11.3. The molecule has 5 nitrogen and oxygen atoms in total. The zero-order valence-corrected chi connectivity index (χ0v) is 17.4. The third-order valence-electron chi connectivity index (χ3n) is 4.08. The molecule has 0 atom stereocenters. The lowest BCUT2D eigenvalue weighted by atomic mass is 10.2. The number of hydrogen-bond donors (Lipinski definition) is 2. The Morgan fingerprint density at radius 1 is 1.21 bits per heavy atom. The van der Waals surface area contributed by atoms with Gasteiger partial charge in [0.15, 0.2) is 5.96 Å². The summed E-state index contributed by atoms with van der Waals surface area (Å²) in [5, 5.41) is 6.72. The smallest absolute Gasteiger partial charge is 0.191 e. The lowest BCUT2D eigenvalue weighted by Gasteiger charge is -2.16. The molecule has 1 aliphatic heterocycles. The Morgan fingerprint density at radius 3 is 2.71 bits per heavy atom. The third-order valence-corrected chi connectivity index (χ3v) is 4.08. The van der Waals surface area contributed by atoms with Crippen molar-refractivity contribution in [1.29, 1.82) is 0 Å². The quantitative estimate of drug-likeness (QED) is 0.278. The Bertz CT molecular complexity index is 486. The predicted molar refractivity (Wildman–Crippen MR) is 113 cm³/mol. The van der Waals surface area contributed by atoms with E-state index in [2.05, 4.69) is 46.5 Å². The van der Waals surface area contributed by atoms with Crippen molar-refractivity contribution in [1.82, 2.24) is 15.6 Å². The van der Waals surface area contributed by atoms with Gasteiger partial charge in [0.2, 0.25) is 0 Å². The molecule has 2 heterocycles. The maximum Gasteiger partial charge on any atom is 0.191 e. The fourth-order valence-electron chi connectivity index (χ4n) is 2.77. The van der Waals surface area contributed by atoms with Gasteiger partial charge in [-0.3, -0.25) is 0 Å². The number of nitrogens with zero attached hydrogens (tertiary/aromatic N) is 3. The zero-order valence-electron chi connectivity index (χ0n) is 15.1. The number of halogens is 1. The third kappa shape index (κ3) is 7.23. The van der Waals surface area contributed by atoms with E-state index < -0.39 is 0 Å². The van der Waals surface area contributed by atoms with Gasteiger partial charge < -0.3 is 15.5 Å². The van der Waals surface area contributed by atoms with E-state index in [-0.39, 0.29) is 24.0 Å². The molecule has 136 valence electrons. The lowest BCUT2D eigenvalue weighted by Crippen LogP contribution is -2.37. The molecule has 0 saturated carbocycles. The second-order valence-corrected chi connectivity index (χ2v) is 6.05. The lowest BCUT2D eigenvalue weighted by molar-refractivity contribution is 0.683. The van der Waals surface area contributed by atoms with Crippen LogP contribution in [0.1, 0.15) is 51.5 Å². The van der Waals surface area contributed by atoms with Gasteiger partial charge in [-0.2, -0.15) is 0 Å². The molecule has 0 aliphatic carbocycles. The van der Waals surface area contributed by atoms with Crippen molar-refractivity contribution >= 4 is 35.8 Å². The summed E-state index contributed by atoms with van der Waals surface area (Å²) in [6, 6.07) is 4.24. The monoisotopic (exact) mass is 445 g/mol. The topological polar surface area (TPSA) is 52.6 Å². The Hall–Kier alpha value is -1.05. The highest BCUT2D eigenvalue weighted by molar-refractivity contribution is 14.0. The standard InChI is InChI=1S/C18H31N5.HI/c1-3-5-6-10-21-18(19-4-2)22-15-16-9-11-20-17(14-16)23-12-7-8-13-23;/h9,11,14H,3-8,10,12-13,15H2,1-2H3,(H2,19,21,22);1H. The molecule has 1 fully saturated rings. The fraction of sp³-hybridized carbons (Fsp3) is 0.667. The molecular formula is C18H32IN5. The molecule has 1 saturated heterocycles. The Morgan fingerprint density at radius 2 is 2.00 bits per heavy atom. The van der Waals surface area contributed by atoms with Crippen LogP contribution in [0.3, 0.4) is 0 Å². The van der Waals surface area contributed by atoms with Crippen molar-refractivity contribution in [2.24, 2.45) is 4.99 Å². The SMILES string of the molecule is CCCCCNC(=NCc1ccnc(N2CCCC2)c1)NCC.I. The van der Waals surface area contributed by atoms with Gasteiger partial charge in [0, 0.05) is 32.4 Å². The number of guanidine groups is 1. The van der Waals surface area contributed by atoms with Gasteiger partial charge in [-0.25, -0.2) is 9.98 Å². The van der Waals surface area contributed by atoms with Crippen LogP contribution in [0.25, 0.3) is 0 Å². The second kappa shape index (κ2) is 12.3. The number of nitrogens with one attached hydrogen (secondary N) is 2. The zero-order chi connectivity index (χ0) is 16.3. The molecule has 0 radical (unpaired) electrons. The molecule has 1 aliphatic rings. The number of aliphatic imine (C=N–C) groups is 1. The van der Waals surface area contributed by atoms with Crippen molar-refractivity contribution in [3.63, 3.8) is 0 Å². The number of pyridine rings is 1. The number of rotatable bonds is 8. The summed E-state index contributed by atoms with van der Waals surface area (Å²) in [5.41, 5.74) is 1.22. The normalized spacial score (nSPS) is 14.4. The minimum Gasteiger partial charge on any atom is -0.357 e. The van der Waals surface area contributed by atoms with Crippen LogP contribution < -0.4 is 15.5 Å². The summed E-state index contributed by atoms with van der Waals surface area (Å²) in [6.07, 6.45) is 8.14. The molecule has 24 heavy (non-hydrogen) atoms. The summed E-state index contributed by atoms with van der Waals surface area (Å²) in [6.45, 7) is 9.13. The summed E-state index contributed by atoms with van der Waals surface area (Å²) in [5.74, 6) is 2.00. The minimum atomic E-state index is 0. The Balaban J connectivity index is 0.00000288. The maximum absolute atomic E-state index is 4.70. The van der Waals surface area contributed by atoms with Crippen LogP contribution in [0.15, 0.2) is 23.3 Å². The van der Waals surface area contributed by atoms with Gasteiger partial charge in [-0.1, -0.05) is 19.8 Å². The summed E-state index contributed by atoms with van der Waals surface area (Å²) >= 11 is 0. The molecule has 1 aromatic rings. The molecule has 2 N–H and O–H groups in total. The van der Waals surface area contributed by atoms with E-state index in [9.17, 15) is 0 Å². The molecule has 0 unspecified atom stereocenters. The maximum atomic E-state index is 4.70. The largest absolute Gasteiger partial charge is 0.357 e. The van der Waals surface area contributed by atoms with Crippen LogP contribution in [-0.4, -0.2) is 37.1 Å². The van der Waals surface area contributed by atoms with E-state index in [0.717, 1.165) is 38.0 Å².